The Labute approximate surface area is 172 Å². The predicted molar refractivity (Wildman–Crippen MR) is 110 cm³/mol. The summed E-state index contributed by atoms with van der Waals surface area (Å²) in [5.41, 5.74) is 1.10. The first-order chi connectivity index (χ1) is 12.9. The van der Waals surface area contributed by atoms with Gasteiger partial charge in [-0.2, -0.15) is 0 Å². The Kier molecular flexibility index (Phi) is 5.15. The van der Waals surface area contributed by atoms with Gasteiger partial charge in [0.05, 0.1) is 21.2 Å². The lowest BCUT2D eigenvalue weighted by atomic mass is 10.2. The number of halogens is 2. The van der Waals surface area contributed by atoms with Gasteiger partial charge in [0.15, 0.2) is 11.0 Å². The number of carbonyl (C=O) groups excluding carboxylic acids is 1. The smallest absolute Gasteiger partial charge is 0.262 e. The zero-order chi connectivity index (χ0) is 19.1. The summed E-state index contributed by atoms with van der Waals surface area (Å²) in [5, 5.41) is 4.54. The van der Waals surface area contributed by atoms with Crippen LogP contribution in [0.1, 0.15) is 16.9 Å². The first-order valence-corrected chi connectivity index (χ1v) is 10.7. The Morgan fingerprint density at radius 3 is 3.00 bits per heavy atom. The highest BCUT2D eigenvalue weighted by molar-refractivity contribution is 7.99. The minimum atomic E-state index is -0.292. The molecule has 0 bridgehead atoms. The third-order valence-electron chi connectivity index (χ3n) is 4.30. The van der Waals surface area contributed by atoms with E-state index < -0.39 is 0 Å². The van der Waals surface area contributed by atoms with E-state index in [2.05, 4.69) is 15.3 Å². The van der Waals surface area contributed by atoms with Gasteiger partial charge < -0.3 is 5.32 Å². The molecule has 0 saturated carbocycles. The van der Waals surface area contributed by atoms with Gasteiger partial charge in [0.25, 0.3) is 5.56 Å². The highest BCUT2D eigenvalue weighted by atomic mass is 35.5. The van der Waals surface area contributed by atoms with Crippen LogP contribution >= 0.6 is 46.3 Å². The van der Waals surface area contributed by atoms with Crippen molar-refractivity contribution in [2.24, 2.45) is 7.05 Å². The topological polar surface area (TPSA) is 76.9 Å². The average molecular weight is 441 g/mol. The van der Waals surface area contributed by atoms with Crippen molar-refractivity contribution in [3.63, 3.8) is 0 Å². The maximum Gasteiger partial charge on any atom is 0.262 e. The highest BCUT2D eigenvalue weighted by Crippen LogP contribution is 2.35. The highest BCUT2D eigenvalue weighted by Gasteiger charge is 2.22. The number of aromatic nitrogens is 3. The maximum atomic E-state index is 12.8. The Morgan fingerprint density at radius 2 is 2.22 bits per heavy atom. The largest absolute Gasteiger partial charge is 0.309 e. The molecule has 6 nitrogen and oxygen atoms in total. The van der Waals surface area contributed by atoms with Crippen molar-refractivity contribution < 1.29 is 4.79 Å². The van der Waals surface area contributed by atoms with E-state index >= 15 is 0 Å². The van der Waals surface area contributed by atoms with Gasteiger partial charge in [-0.25, -0.2) is 9.97 Å². The van der Waals surface area contributed by atoms with Crippen molar-refractivity contribution in [2.45, 2.75) is 24.4 Å². The predicted octanol–water partition coefficient (Wildman–Crippen LogP) is 3.92. The van der Waals surface area contributed by atoms with Crippen LogP contribution < -0.4 is 10.9 Å². The van der Waals surface area contributed by atoms with Crippen LogP contribution in [0.5, 0.6) is 0 Å². The van der Waals surface area contributed by atoms with Crippen LogP contribution in [-0.2, 0) is 24.7 Å². The van der Waals surface area contributed by atoms with Crippen molar-refractivity contribution in [2.75, 3.05) is 11.1 Å². The van der Waals surface area contributed by atoms with Gasteiger partial charge in [-0.05, 0) is 30.9 Å². The van der Waals surface area contributed by atoms with Crippen LogP contribution in [0, 0.1) is 0 Å². The van der Waals surface area contributed by atoms with Gasteiger partial charge in [0.1, 0.15) is 4.83 Å². The summed E-state index contributed by atoms with van der Waals surface area (Å²) >= 11 is 14.6. The van der Waals surface area contributed by atoms with Gasteiger partial charge in [0.2, 0.25) is 5.91 Å². The van der Waals surface area contributed by atoms with Gasteiger partial charge in [0, 0.05) is 18.1 Å². The fraction of sp³-hybridized carbons (Fsp3) is 0.294. The van der Waals surface area contributed by atoms with E-state index in [9.17, 15) is 9.59 Å². The van der Waals surface area contributed by atoms with Crippen LogP contribution in [0.15, 0.2) is 22.2 Å². The second-order valence-electron chi connectivity index (χ2n) is 6.12. The van der Waals surface area contributed by atoms with Crippen LogP contribution in [0.25, 0.3) is 10.2 Å². The molecule has 1 N–H and O–H groups in total. The van der Waals surface area contributed by atoms with Crippen molar-refractivity contribution in [1.82, 2.24) is 14.5 Å². The molecular weight excluding hydrogens is 427 g/mol. The molecule has 1 aliphatic rings. The van der Waals surface area contributed by atoms with E-state index in [1.54, 1.807) is 18.4 Å². The van der Waals surface area contributed by atoms with Crippen molar-refractivity contribution >= 4 is 68.2 Å². The number of hydrogen-bond acceptors (Lipinski definition) is 6. The van der Waals surface area contributed by atoms with E-state index in [4.69, 9.17) is 23.2 Å². The second-order valence-corrected chi connectivity index (χ2v) is 8.99. The minimum Gasteiger partial charge on any atom is -0.309 e. The molecule has 1 amide bonds. The molecule has 0 atom stereocenters. The van der Waals surface area contributed by atoms with Crippen molar-refractivity contribution in [3.05, 3.63) is 43.1 Å². The lowest BCUT2D eigenvalue weighted by Gasteiger charge is -2.08. The number of fused-ring (bicyclic) bond motifs is 3. The summed E-state index contributed by atoms with van der Waals surface area (Å²) in [5.74, 6) is 0.0377. The van der Waals surface area contributed by atoms with Crippen LogP contribution in [0.2, 0.25) is 10.0 Å². The fourth-order valence-corrected chi connectivity index (χ4v) is 5.54. The zero-order valence-electron chi connectivity index (χ0n) is 14.2. The van der Waals surface area contributed by atoms with Gasteiger partial charge in [-0.3, -0.25) is 14.2 Å². The van der Waals surface area contributed by atoms with E-state index in [-0.39, 0.29) is 28.1 Å². The molecule has 140 valence electrons. The molecule has 4 rings (SSSR count). The lowest BCUT2D eigenvalue weighted by Crippen LogP contribution is -2.21. The first-order valence-electron chi connectivity index (χ1n) is 8.19. The van der Waals surface area contributed by atoms with Crippen LogP contribution in [-0.4, -0.2) is 26.2 Å². The van der Waals surface area contributed by atoms with Gasteiger partial charge >= 0.3 is 0 Å². The number of nitrogens with zero attached hydrogens (tertiary/aromatic N) is 3. The molecule has 3 aromatic rings. The summed E-state index contributed by atoms with van der Waals surface area (Å²) in [6.45, 7) is 0. The number of carbonyl (C=O) groups is 1. The monoisotopic (exact) mass is 440 g/mol. The number of thioether (sulfide) groups is 1. The van der Waals surface area contributed by atoms with Crippen molar-refractivity contribution in [3.8, 4) is 0 Å². The summed E-state index contributed by atoms with van der Waals surface area (Å²) < 4.78 is 1.51. The van der Waals surface area contributed by atoms with Gasteiger partial charge in [-0.1, -0.05) is 35.0 Å². The number of thiophene rings is 1. The zero-order valence-corrected chi connectivity index (χ0v) is 17.4. The third-order valence-corrected chi connectivity index (χ3v) is 7.01. The molecule has 0 aromatic carbocycles. The summed E-state index contributed by atoms with van der Waals surface area (Å²) in [4.78, 5) is 35.6. The number of rotatable bonds is 4. The van der Waals surface area contributed by atoms with E-state index in [1.807, 2.05) is 0 Å². The number of nitrogens with one attached hydrogen (secondary N) is 1. The Hall–Kier alpha value is -1.61. The summed E-state index contributed by atoms with van der Waals surface area (Å²) in [6.07, 6.45) is 4.46. The molecule has 27 heavy (non-hydrogen) atoms. The Bertz CT molecular complexity index is 1130. The number of anilines is 1. The molecule has 0 spiro atoms. The maximum absolute atomic E-state index is 12.8. The first kappa shape index (κ1) is 18.7. The molecule has 0 saturated heterocycles. The SMILES string of the molecule is Cn1c(SCC(=O)Nc2ncc(Cl)cc2Cl)nc2sc3c(c2c1=O)CCC3. The molecule has 0 fully saturated rings. The fourth-order valence-electron chi connectivity index (χ4n) is 3.04. The van der Waals surface area contributed by atoms with Gasteiger partial charge in [-0.15, -0.1) is 11.3 Å². The minimum absolute atomic E-state index is 0.0512. The molecule has 3 heterocycles. The Balaban J connectivity index is 1.53. The van der Waals surface area contributed by atoms with E-state index in [0.717, 1.165) is 35.0 Å². The third kappa shape index (κ3) is 3.59. The molecule has 10 heteroatoms. The second kappa shape index (κ2) is 7.43. The normalized spacial score (nSPS) is 13.1. The average Bonchev–Trinajstić information content (AvgIpc) is 3.20. The van der Waals surface area contributed by atoms with E-state index in [0.29, 0.717) is 10.2 Å². The molecule has 0 radical (unpaired) electrons. The summed E-state index contributed by atoms with van der Waals surface area (Å²) in [7, 11) is 1.69. The standard InChI is InChI=1S/C17H14Cl2N4O2S2/c1-23-16(25)13-9-3-2-4-11(9)27-15(13)22-17(23)26-7-12(24)21-14-10(19)5-8(18)6-20-14/h5-6H,2-4,7H2,1H3,(H,20,21,24). The molecular formula is C17H14Cl2N4O2S2. The van der Waals surface area contributed by atoms with Crippen LogP contribution in [0.4, 0.5) is 5.82 Å². The molecule has 0 aliphatic heterocycles. The molecule has 0 unspecified atom stereocenters. The van der Waals surface area contributed by atoms with Crippen molar-refractivity contribution in [1.29, 1.82) is 0 Å². The summed E-state index contributed by atoms with van der Waals surface area (Å²) in [6, 6.07) is 1.51. The lowest BCUT2D eigenvalue weighted by molar-refractivity contribution is -0.113. The number of amides is 1. The van der Waals surface area contributed by atoms with Crippen LogP contribution in [0.3, 0.4) is 0 Å². The quantitative estimate of drug-likeness (QED) is 0.491. The Morgan fingerprint density at radius 1 is 1.41 bits per heavy atom. The molecule has 3 aromatic heterocycles. The number of aryl methyl sites for hydroxylation is 2. The number of hydrogen-bond donors (Lipinski definition) is 1. The van der Waals surface area contributed by atoms with E-state index in [1.165, 1.54) is 33.5 Å². The molecule has 1 aliphatic carbocycles. The number of pyridine rings is 1.